The van der Waals surface area contributed by atoms with Crippen molar-refractivity contribution in [1.82, 2.24) is 4.98 Å². The van der Waals surface area contributed by atoms with E-state index in [9.17, 15) is 9.90 Å². The smallest absolute Gasteiger partial charge is 0.307 e. The summed E-state index contributed by atoms with van der Waals surface area (Å²) in [6, 6.07) is 14.0. The zero-order chi connectivity index (χ0) is 17.8. The second kappa shape index (κ2) is 7.39. The van der Waals surface area contributed by atoms with Crippen LogP contribution in [-0.4, -0.2) is 20.5 Å². The number of thiazole rings is 1. The van der Waals surface area contributed by atoms with Gasteiger partial charge in [-0.25, -0.2) is 0 Å². The molecule has 7 nitrogen and oxygen atoms in total. The maximum atomic E-state index is 11.2. The van der Waals surface area contributed by atoms with Crippen molar-refractivity contribution in [1.29, 1.82) is 0 Å². The summed E-state index contributed by atoms with van der Waals surface area (Å²) in [6.45, 7) is 0.344. The number of nitrogens with one attached hydrogen (secondary N) is 1. The van der Waals surface area contributed by atoms with Crippen LogP contribution in [0, 0.1) is 0 Å². The van der Waals surface area contributed by atoms with Gasteiger partial charge >= 0.3 is 4.87 Å². The zero-order valence-electron chi connectivity index (χ0n) is 13.0. The third-order valence-electron chi connectivity index (χ3n) is 3.56. The zero-order valence-corrected chi connectivity index (χ0v) is 13.9. The number of hydrogen-bond donors (Lipinski definition) is 4. The summed E-state index contributed by atoms with van der Waals surface area (Å²) in [4.78, 5) is 13.9. The van der Waals surface area contributed by atoms with E-state index in [-0.39, 0.29) is 21.7 Å². The van der Waals surface area contributed by atoms with Crippen molar-refractivity contribution in [3.63, 3.8) is 0 Å². The number of anilines is 1. The first-order chi connectivity index (χ1) is 12.0. The van der Waals surface area contributed by atoms with E-state index in [0.717, 1.165) is 22.5 Å². The van der Waals surface area contributed by atoms with Crippen LogP contribution in [0.4, 0.5) is 5.69 Å². The molecule has 0 aliphatic heterocycles. The molecule has 0 bridgehead atoms. The van der Waals surface area contributed by atoms with Crippen LogP contribution in [0.15, 0.2) is 53.3 Å². The lowest BCUT2D eigenvalue weighted by molar-refractivity contribution is 0.0291. The fraction of sp³-hybridized carbons (Fsp3) is 0.118. The van der Waals surface area contributed by atoms with E-state index in [1.807, 2.05) is 24.3 Å². The molecule has 0 atom stereocenters. The number of H-pyrrole nitrogens is 1. The van der Waals surface area contributed by atoms with Crippen LogP contribution in [-0.2, 0) is 13.0 Å². The Morgan fingerprint density at radius 1 is 1.00 bits per heavy atom. The number of hydrogen-bond acceptors (Lipinski definition) is 7. The largest absolute Gasteiger partial charge is 0.494 e. The molecule has 0 unspecified atom stereocenters. The van der Waals surface area contributed by atoms with Gasteiger partial charge in [0.1, 0.15) is 12.4 Å². The van der Waals surface area contributed by atoms with Gasteiger partial charge in [-0.05, 0) is 35.4 Å². The summed E-state index contributed by atoms with van der Waals surface area (Å²) in [6.07, 6.45) is 0.468. The summed E-state index contributed by atoms with van der Waals surface area (Å²) in [5.41, 5.74) is 2.10. The first kappa shape index (κ1) is 17.0. The lowest BCUT2D eigenvalue weighted by atomic mass is 10.1. The second-order valence-electron chi connectivity index (χ2n) is 5.35. The highest BCUT2D eigenvalue weighted by Crippen LogP contribution is 2.22. The van der Waals surface area contributed by atoms with E-state index in [1.54, 1.807) is 24.3 Å². The van der Waals surface area contributed by atoms with Gasteiger partial charge in [0.25, 0.3) is 0 Å². The molecule has 25 heavy (non-hydrogen) atoms. The van der Waals surface area contributed by atoms with Crippen molar-refractivity contribution in [3.8, 4) is 11.6 Å². The number of aromatic hydroxyl groups is 1. The molecule has 4 N–H and O–H groups in total. The number of aromatic amines is 1. The summed E-state index contributed by atoms with van der Waals surface area (Å²) < 4.78 is 5.68. The maximum Gasteiger partial charge on any atom is 0.307 e. The van der Waals surface area contributed by atoms with Gasteiger partial charge in [-0.2, -0.15) is 0 Å². The number of rotatable bonds is 6. The van der Waals surface area contributed by atoms with Gasteiger partial charge < -0.3 is 9.84 Å². The highest BCUT2D eigenvalue weighted by molar-refractivity contribution is 7.09. The molecular weight excluding hydrogens is 344 g/mol. The fourth-order valence-corrected chi connectivity index (χ4v) is 3.01. The van der Waals surface area contributed by atoms with Crippen LogP contribution in [0.5, 0.6) is 11.6 Å². The predicted molar refractivity (Wildman–Crippen MR) is 92.7 cm³/mol. The maximum absolute atomic E-state index is 11.2. The lowest BCUT2D eigenvalue weighted by Gasteiger charge is -2.10. The highest BCUT2D eigenvalue weighted by atomic mass is 32.1. The monoisotopic (exact) mass is 360 g/mol. The molecule has 0 fully saturated rings. The van der Waals surface area contributed by atoms with E-state index < -0.39 is 0 Å². The van der Waals surface area contributed by atoms with Crippen molar-refractivity contribution >= 4 is 17.0 Å². The molecule has 0 aliphatic rings. The number of benzene rings is 2. The van der Waals surface area contributed by atoms with E-state index >= 15 is 0 Å². The van der Waals surface area contributed by atoms with Gasteiger partial charge in [0.05, 0.1) is 10.6 Å². The normalized spacial score (nSPS) is 10.6. The Morgan fingerprint density at radius 3 is 2.20 bits per heavy atom. The third kappa shape index (κ3) is 4.38. The molecule has 1 heterocycles. The van der Waals surface area contributed by atoms with E-state index in [0.29, 0.717) is 23.7 Å². The standard InChI is InChI=1S/C17H16N2O5S/c20-16-15(25-17(21)18-16)9-11-3-7-14(8-4-11)24-10-12-1-5-13(6-2-12)19(22)23/h1-8,20,22-23H,9-10H2,(H,18,21). The Balaban J connectivity index is 1.59. The van der Waals surface area contributed by atoms with Crippen molar-refractivity contribution < 1.29 is 20.3 Å². The van der Waals surface area contributed by atoms with Crippen LogP contribution in [0.3, 0.4) is 0 Å². The van der Waals surface area contributed by atoms with Gasteiger partial charge in [-0.15, -0.1) is 5.23 Å². The minimum atomic E-state index is -0.274. The Morgan fingerprint density at radius 2 is 1.64 bits per heavy atom. The number of ether oxygens (including phenoxy) is 1. The molecule has 8 heteroatoms. The SMILES string of the molecule is O=c1[nH]c(O)c(Cc2ccc(OCc3ccc(N(O)O)cc3)cc2)s1. The van der Waals surface area contributed by atoms with Crippen molar-refractivity contribution in [2.75, 3.05) is 5.23 Å². The van der Waals surface area contributed by atoms with E-state index in [2.05, 4.69) is 4.98 Å². The van der Waals surface area contributed by atoms with Crippen LogP contribution >= 0.6 is 11.3 Å². The summed E-state index contributed by atoms with van der Waals surface area (Å²) in [5, 5.41) is 27.5. The molecule has 0 spiro atoms. The lowest BCUT2D eigenvalue weighted by Crippen LogP contribution is -2.10. The molecule has 0 radical (unpaired) electrons. The molecule has 0 amide bonds. The van der Waals surface area contributed by atoms with E-state index in [4.69, 9.17) is 15.2 Å². The third-order valence-corrected chi connectivity index (χ3v) is 4.43. The molecule has 2 aromatic carbocycles. The Hall–Kier alpha value is -2.81. The second-order valence-corrected chi connectivity index (χ2v) is 6.42. The highest BCUT2D eigenvalue weighted by Gasteiger charge is 2.07. The summed E-state index contributed by atoms with van der Waals surface area (Å²) >= 11 is 0.993. The topological polar surface area (TPSA) is 106 Å². The number of aromatic nitrogens is 1. The Bertz CT molecular complexity index is 885. The fourth-order valence-electron chi connectivity index (χ4n) is 2.25. The quantitative estimate of drug-likeness (QED) is 0.504. The van der Waals surface area contributed by atoms with Gasteiger partial charge in [0, 0.05) is 6.42 Å². The summed E-state index contributed by atoms with van der Waals surface area (Å²) in [7, 11) is 0. The van der Waals surface area contributed by atoms with Gasteiger partial charge in [0.15, 0.2) is 0 Å². The molecule has 1 aromatic heterocycles. The molecule has 3 aromatic rings. The summed E-state index contributed by atoms with van der Waals surface area (Å²) in [5.74, 6) is 0.605. The van der Waals surface area contributed by atoms with E-state index in [1.165, 1.54) is 0 Å². The molecular formula is C17H16N2O5S. The van der Waals surface area contributed by atoms with Crippen LogP contribution in [0.25, 0.3) is 0 Å². The Kier molecular flexibility index (Phi) is 5.03. The minimum absolute atomic E-state index is 0.0579. The van der Waals surface area contributed by atoms with Crippen LogP contribution in [0.2, 0.25) is 0 Å². The first-order valence-electron chi connectivity index (χ1n) is 7.41. The van der Waals surface area contributed by atoms with Crippen molar-refractivity contribution in [3.05, 3.63) is 74.2 Å². The Labute approximate surface area is 146 Å². The molecule has 0 saturated heterocycles. The van der Waals surface area contributed by atoms with Gasteiger partial charge in [-0.1, -0.05) is 35.6 Å². The van der Waals surface area contributed by atoms with Crippen LogP contribution in [0.1, 0.15) is 16.0 Å². The van der Waals surface area contributed by atoms with Gasteiger partial charge in [0.2, 0.25) is 5.88 Å². The van der Waals surface area contributed by atoms with Crippen molar-refractivity contribution in [2.24, 2.45) is 0 Å². The molecule has 0 aliphatic carbocycles. The average Bonchev–Trinajstić information content (AvgIpc) is 2.92. The number of nitrogens with zero attached hydrogens (tertiary/aromatic N) is 1. The first-order valence-corrected chi connectivity index (χ1v) is 8.22. The molecule has 3 rings (SSSR count). The molecule has 0 saturated carbocycles. The van der Waals surface area contributed by atoms with Crippen molar-refractivity contribution in [2.45, 2.75) is 13.0 Å². The van der Waals surface area contributed by atoms with Crippen LogP contribution < -0.4 is 14.8 Å². The van der Waals surface area contributed by atoms with Gasteiger partial charge in [-0.3, -0.25) is 20.2 Å². The minimum Gasteiger partial charge on any atom is -0.494 e. The average molecular weight is 360 g/mol. The molecule has 130 valence electrons. The predicted octanol–water partition coefficient (Wildman–Crippen LogP) is 2.90.